The zero-order chi connectivity index (χ0) is 15.0. The van der Waals surface area contributed by atoms with Crippen LogP contribution in [0.25, 0.3) is 0 Å². The summed E-state index contributed by atoms with van der Waals surface area (Å²) in [5.41, 5.74) is -0.684. The van der Waals surface area contributed by atoms with Crippen LogP contribution in [0.3, 0.4) is 0 Å². The van der Waals surface area contributed by atoms with E-state index in [0.717, 1.165) is 0 Å². The van der Waals surface area contributed by atoms with Gasteiger partial charge in [0.15, 0.2) is 0 Å². The van der Waals surface area contributed by atoms with E-state index in [1.165, 1.54) is 6.07 Å². The number of rotatable bonds is 2. The van der Waals surface area contributed by atoms with Crippen LogP contribution >= 0.6 is 0 Å². The second-order valence-electron chi connectivity index (χ2n) is 5.99. The van der Waals surface area contributed by atoms with Crippen molar-refractivity contribution >= 4 is 11.8 Å². The number of anilines is 1. The average Bonchev–Trinajstić information content (AvgIpc) is 2.26. The molecule has 6 heteroatoms. The molecule has 1 heterocycles. The molecule has 110 valence electrons. The van der Waals surface area contributed by atoms with E-state index in [1.54, 1.807) is 32.9 Å². The number of carbonyl (C=O) groups excluding carboxylic acids is 1. The number of hydrogen-bond acceptors (Lipinski definition) is 5. The number of β-amino-alcohol motifs (C(OH)–C–C–N with tert-alkyl or cyclic N) is 1. The zero-order valence-corrected chi connectivity index (χ0v) is 11.9. The lowest BCUT2D eigenvalue weighted by Crippen LogP contribution is -2.56. The van der Waals surface area contributed by atoms with Crippen LogP contribution in [-0.4, -0.2) is 35.0 Å². The number of phenolic OH excluding ortho intramolecular Hbond substituents is 1. The van der Waals surface area contributed by atoms with E-state index in [4.69, 9.17) is 4.74 Å². The highest BCUT2D eigenvalue weighted by Crippen LogP contribution is 2.32. The number of ether oxygens (including phenoxy) is 1. The zero-order valence-electron chi connectivity index (χ0n) is 11.9. The van der Waals surface area contributed by atoms with Gasteiger partial charge in [0.1, 0.15) is 17.0 Å². The van der Waals surface area contributed by atoms with Crippen LogP contribution in [0, 0.1) is 0 Å². The Hall–Kier alpha value is -1.79. The molecule has 0 radical (unpaired) electrons. The fourth-order valence-electron chi connectivity index (χ4n) is 1.91. The molecule has 1 aromatic carbocycles. The second kappa shape index (κ2) is 4.96. The molecule has 6 nitrogen and oxygen atoms in total. The highest BCUT2D eigenvalue weighted by molar-refractivity contribution is 5.87. The van der Waals surface area contributed by atoms with Crippen LogP contribution in [-0.2, 0) is 10.3 Å². The quantitative estimate of drug-likeness (QED) is 0.617. The van der Waals surface area contributed by atoms with Gasteiger partial charge >= 0.3 is 6.09 Å². The van der Waals surface area contributed by atoms with Crippen LogP contribution in [0.1, 0.15) is 26.3 Å². The lowest BCUT2D eigenvalue weighted by molar-refractivity contribution is -0.0147. The van der Waals surface area contributed by atoms with Crippen LogP contribution < -0.4 is 10.6 Å². The number of carbonyl (C=O) groups is 1. The van der Waals surface area contributed by atoms with E-state index in [0.29, 0.717) is 18.7 Å². The molecular weight excluding hydrogens is 260 g/mol. The number of benzene rings is 1. The standard InChI is InChI=1S/C14H20N2O4/c1-13(2,3)20-12(18)16-10-5-4-9(6-11(10)17)14(19)7-15-8-14/h4-6,15,17,19H,7-8H2,1-3H3,(H,16,18). The third-order valence-electron chi connectivity index (χ3n) is 3.01. The maximum atomic E-state index is 11.6. The van der Waals surface area contributed by atoms with Gasteiger partial charge in [0.2, 0.25) is 0 Å². The normalized spacial score (nSPS) is 17.2. The Kier molecular flexibility index (Phi) is 3.62. The molecule has 1 amide bonds. The Morgan fingerprint density at radius 2 is 2.05 bits per heavy atom. The fraction of sp³-hybridized carbons (Fsp3) is 0.500. The molecule has 1 fully saturated rings. The highest BCUT2D eigenvalue weighted by atomic mass is 16.6. The molecule has 0 saturated carbocycles. The lowest BCUT2D eigenvalue weighted by atomic mass is 9.88. The summed E-state index contributed by atoms with van der Waals surface area (Å²) in [4.78, 5) is 11.6. The summed E-state index contributed by atoms with van der Waals surface area (Å²) in [7, 11) is 0. The summed E-state index contributed by atoms with van der Waals surface area (Å²) < 4.78 is 5.11. The number of nitrogens with one attached hydrogen (secondary N) is 2. The van der Waals surface area contributed by atoms with Gasteiger partial charge in [-0.05, 0) is 38.5 Å². The smallest absolute Gasteiger partial charge is 0.412 e. The van der Waals surface area contributed by atoms with E-state index in [1.807, 2.05) is 0 Å². The van der Waals surface area contributed by atoms with Crippen molar-refractivity contribution in [1.82, 2.24) is 5.32 Å². The van der Waals surface area contributed by atoms with Crippen LogP contribution in [0.15, 0.2) is 18.2 Å². The Morgan fingerprint density at radius 1 is 1.40 bits per heavy atom. The van der Waals surface area contributed by atoms with Crippen LogP contribution in [0.2, 0.25) is 0 Å². The minimum Gasteiger partial charge on any atom is -0.506 e. The molecule has 0 aliphatic carbocycles. The molecule has 0 unspecified atom stereocenters. The van der Waals surface area contributed by atoms with Crippen molar-refractivity contribution in [2.75, 3.05) is 18.4 Å². The summed E-state index contributed by atoms with van der Waals surface area (Å²) >= 11 is 0. The molecular formula is C14H20N2O4. The predicted octanol–water partition coefficient (Wildman–Crippen LogP) is 1.53. The third kappa shape index (κ3) is 3.20. The number of hydrogen-bond donors (Lipinski definition) is 4. The molecule has 20 heavy (non-hydrogen) atoms. The van der Waals surface area contributed by atoms with Gasteiger partial charge in [-0.1, -0.05) is 6.07 Å². The Bertz CT molecular complexity index is 518. The average molecular weight is 280 g/mol. The monoisotopic (exact) mass is 280 g/mol. The van der Waals surface area contributed by atoms with Gasteiger partial charge in [0.05, 0.1) is 5.69 Å². The number of aromatic hydroxyl groups is 1. The van der Waals surface area contributed by atoms with E-state index in [9.17, 15) is 15.0 Å². The SMILES string of the molecule is CC(C)(C)OC(=O)Nc1ccc(C2(O)CNC2)cc1O. The minimum atomic E-state index is -0.943. The van der Waals surface area contributed by atoms with Crippen molar-refractivity contribution in [1.29, 1.82) is 0 Å². The summed E-state index contributed by atoms with van der Waals surface area (Å²) in [5.74, 6) is -0.103. The predicted molar refractivity (Wildman–Crippen MR) is 74.7 cm³/mol. The number of phenols is 1. The summed E-state index contributed by atoms with van der Waals surface area (Å²) in [6, 6.07) is 4.67. The first-order chi connectivity index (χ1) is 9.20. The first-order valence-electron chi connectivity index (χ1n) is 6.46. The fourth-order valence-corrected chi connectivity index (χ4v) is 1.91. The maximum Gasteiger partial charge on any atom is 0.412 e. The third-order valence-corrected chi connectivity index (χ3v) is 3.01. The minimum absolute atomic E-state index is 0.103. The molecule has 0 aromatic heterocycles. The van der Waals surface area contributed by atoms with Crippen molar-refractivity contribution in [2.45, 2.75) is 32.0 Å². The van der Waals surface area contributed by atoms with Gasteiger partial charge in [-0.25, -0.2) is 4.79 Å². The Labute approximate surface area is 117 Å². The molecule has 4 N–H and O–H groups in total. The largest absolute Gasteiger partial charge is 0.506 e. The van der Waals surface area contributed by atoms with Gasteiger partial charge in [-0.15, -0.1) is 0 Å². The molecule has 2 rings (SSSR count). The maximum absolute atomic E-state index is 11.6. The van der Waals surface area contributed by atoms with Crippen molar-refractivity contribution in [3.63, 3.8) is 0 Å². The summed E-state index contributed by atoms with van der Waals surface area (Å²) in [6.07, 6.45) is -0.635. The van der Waals surface area contributed by atoms with Crippen molar-refractivity contribution in [3.8, 4) is 5.75 Å². The molecule has 1 aliphatic rings. The van der Waals surface area contributed by atoms with E-state index >= 15 is 0 Å². The van der Waals surface area contributed by atoms with Gasteiger partial charge in [0.25, 0.3) is 0 Å². The van der Waals surface area contributed by atoms with E-state index in [2.05, 4.69) is 10.6 Å². The first-order valence-corrected chi connectivity index (χ1v) is 6.46. The highest BCUT2D eigenvalue weighted by Gasteiger charge is 2.36. The van der Waals surface area contributed by atoms with Gasteiger partial charge in [-0.2, -0.15) is 0 Å². The van der Waals surface area contributed by atoms with Crippen molar-refractivity contribution in [3.05, 3.63) is 23.8 Å². The summed E-state index contributed by atoms with van der Waals surface area (Å²) in [5, 5.41) is 25.5. The molecule has 1 saturated heterocycles. The number of aliphatic hydroxyl groups is 1. The van der Waals surface area contributed by atoms with E-state index in [-0.39, 0.29) is 11.4 Å². The van der Waals surface area contributed by atoms with Crippen molar-refractivity contribution in [2.24, 2.45) is 0 Å². The Morgan fingerprint density at radius 3 is 2.50 bits per heavy atom. The molecule has 0 bridgehead atoms. The summed E-state index contributed by atoms with van der Waals surface area (Å²) in [6.45, 7) is 6.18. The molecule has 0 atom stereocenters. The van der Waals surface area contributed by atoms with Gasteiger partial charge in [0, 0.05) is 13.1 Å². The number of amides is 1. The van der Waals surface area contributed by atoms with Crippen molar-refractivity contribution < 1.29 is 19.7 Å². The second-order valence-corrected chi connectivity index (χ2v) is 5.99. The van der Waals surface area contributed by atoms with Gasteiger partial charge in [-0.3, -0.25) is 5.32 Å². The van der Waals surface area contributed by atoms with Gasteiger partial charge < -0.3 is 20.3 Å². The van der Waals surface area contributed by atoms with Crippen LogP contribution in [0.4, 0.5) is 10.5 Å². The first kappa shape index (κ1) is 14.6. The van der Waals surface area contributed by atoms with Crippen LogP contribution in [0.5, 0.6) is 5.75 Å². The van der Waals surface area contributed by atoms with E-state index < -0.39 is 17.3 Å². The Balaban J connectivity index is 2.08. The lowest BCUT2D eigenvalue weighted by Gasteiger charge is -2.38. The topological polar surface area (TPSA) is 90.8 Å². The molecule has 1 aromatic rings. The molecule has 0 spiro atoms. The molecule has 1 aliphatic heterocycles.